The summed E-state index contributed by atoms with van der Waals surface area (Å²) in [5, 5.41) is 11.4. The van der Waals surface area contributed by atoms with Gasteiger partial charge in [0.15, 0.2) is 0 Å². The van der Waals surface area contributed by atoms with Gasteiger partial charge >= 0.3 is 0 Å². The molecule has 3 heteroatoms. The van der Waals surface area contributed by atoms with Crippen LogP contribution < -0.4 is 0 Å². The minimum atomic E-state index is -0.904. The molecule has 1 aromatic heterocycles. The number of nitrogens with zero attached hydrogens (tertiary/aromatic N) is 2. The molecule has 1 saturated heterocycles. The van der Waals surface area contributed by atoms with E-state index < -0.39 is 5.60 Å². The zero-order chi connectivity index (χ0) is 16.1. The van der Waals surface area contributed by atoms with Crippen molar-refractivity contribution in [1.29, 1.82) is 0 Å². The Morgan fingerprint density at radius 1 is 1.09 bits per heavy atom. The third kappa shape index (κ3) is 4.18. The molecular formula is C20H26N2O. The fraction of sp³-hybridized carbons (Fsp3) is 0.450. The first-order valence-electron chi connectivity index (χ1n) is 8.57. The molecule has 1 aliphatic heterocycles. The molecule has 0 spiro atoms. The SMILES string of the molecule is Cc1ccc(CC(O)(CCN2CCCC2)c2ccccn2)cc1. The number of hydrogen-bond acceptors (Lipinski definition) is 3. The summed E-state index contributed by atoms with van der Waals surface area (Å²) < 4.78 is 0. The lowest BCUT2D eigenvalue weighted by Crippen LogP contribution is -2.35. The Morgan fingerprint density at radius 2 is 1.83 bits per heavy atom. The van der Waals surface area contributed by atoms with Crippen molar-refractivity contribution >= 4 is 0 Å². The van der Waals surface area contributed by atoms with Crippen LogP contribution in [0.3, 0.4) is 0 Å². The number of aryl methyl sites for hydroxylation is 1. The minimum absolute atomic E-state index is 0.609. The van der Waals surface area contributed by atoms with Crippen molar-refractivity contribution < 1.29 is 5.11 Å². The summed E-state index contributed by atoms with van der Waals surface area (Å²) >= 11 is 0. The van der Waals surface area contributed by atoms with Gasteiger partial charge in [0.1, 0.15) is 5.60 Å². The maximum Gasteiger partial charge on any atom is 0.112 e. The van der Waals surface area contributed by atoms with Crippen molar-refractivity contribution in [3.05, 3.63) is 65.5 Å². The van der Waals surface area contributed by atoms with Gasteiger partial charge in [-0.3, -0.25) is 4.98 Å². The summed E-state index contributed by atoms with van der Waals surface area (Å²) in [4.78, 5) is 6.89. The van der Waals surface area contributed by atoms with E-state index in [2.05, 4.69) is 41.1 Å². The molecule has 2 heterocycles. The summed E-state index contributed by atoms with van der Waals surface area (Å²) in [6, 6.07) is 14.2. The number of aliphatic hydroxyl groups is 1. The van der Waals surface area contributed by atoms with Crippen LogP contribution in [0.15, 0.2) is 48.7 Å². The molecule has 2 aromatic rings. The maximum absolute atomic E-state index is 11.4. The molecule has 0 amide bonds. The van der Waals surface area contributed by atoms with Crippen LogP contribution in [0.1, 0.15) is 36.1 Å². The zero-order valence-corrected chi connectivity index (χ0v) is 13.9. The standard InChI is InChI=1S/C20H26N2O/c1-17-7-9-18(10-8-17)16-20(23,19-6-2-3-12-21-19)11-15-22-13-4-5-14-22/h2-3,6-10,12,23H,4-5,11,13-16H2,1H3. The van der Waals surface area contributed by atoms with Crippen LogP contribution in [-0.2, 0) is 12.0 Å². The van der Waals surface area contributed by atoms with Crippen LogP contribution in [0.2, 0.25) is 0 Å². The fourth-order valence-electron chi connectivity index (χ4n) is 3.34. The van der Waals surface area contributed by atoms with Crippen molar-refractivity contribution in [2.75, 3.05) is 19.6 Å². The highest BCUT2D eigenvalue weighted by molar-refractivity contribution is 5.25. The van der Waals surface area contributed by atoms with Crippen LogP contribution in [0.4, 0.5) is 0 Å². The van der Waals surface area contributed by atoms with Gasteiger partial charge in [-0.25, -0.2) is 0 Å². The maximum atomic E-state index is 11.4. The van der Waals surface area contributed by atoms with Gasteiger partial charge < -0.3 is 10.0 Å². The molecule has 122 valence electrons. The van der Waals surface area contributed by atoms with Crippen LogP contribution in [0, 0.1) is 6.92 Å². The average Bonchev–Trinajstić information content (AvgIpc) is 3.10. The molecule has 1 aliphatic rings. The van der Waals surface area contributed by atoms with Crippen molar-refractivity contribution in [2.24, 2.45) is 0 Å². The van der Waals surface area contributed by atoms with E-state index in [0.717, 1.165) is 37.3 Å². The number of pyridine rings is 1. The number of aromatic nitrogens is 1. The summed E-state index contributed by atoms with van der Waals surface area (Å²) in [6.07, 6.45) is 5.65. The van der Waals surface area contributed by atoms with Crippen LogP contribution in [-0.4, -0.2) is 34.6 Å². The Kier molecular flexibility index (Phi) is 5.09. The normalized spacial score (nSPS) is 18.0. The second-order valence-electron chi connectivity index (χ2n) is 6.71. The summed E-state index contributed by atoms with van der Waals surface area (Å²) in [5.41, 5.74) is 2.27. The smallest absolute Gasteiger partial charge is 0.112 e. The quantitative estimate of drug-likeness (QED) is 0.889. The molecule has 0 radical (unpaired) electrons. The van der Waals surface area contributed by atoms with Gasteiger partial charge in [0.25, 0.3) is 0 Å². The summed E-state index contributed by atoms with van der Waals surface area (Å²) in [5.74, 6) is 0. The Balaban J connectivity index is 1.78. The van der Waals surface area contributed by atoms with E-state index in [4.69, 9.17) is 0 Å². The third-order valence-corrected chi connectivity index (χ3v) is 4.80. The van der Waals surface area contributed by atoms with E-state index in [1.165, 1.54) is 18.4 Å². The predicted octanol–water partition coefficient (Wildman–Crippen LogP) is 3.31. The van der Waals surface area contributed by atoms with Crippen LogP contribution in [0.5, 0.6) is 0 Å². The molecule has 1 atom stereocenters. The first-order valence-corrected chi connectivity index (χ1v) is 8.57. The molecule has 0 saturated carbocycles. The molecule has 1 aromatic carbocycles. The number of benzene rings is 1. The molecule has 1 unspecified atom stereocenters. The highest BCUT2D eigenvalue weighted by Crippen LogP contribution is 2.29. The lowest BCUT2D eigenvalue weighted by Gasteiger charge is -2.30. The fourth-order valence-corrected chi connectivity index (χ4v) is 3.34. The Labute approximate surface area is 139 Å². The second-order valence-corrected chi connectivity index (χ2v) is 6.71. The average molecular weight is 310 g/mol. The van der Waals surface area contributed by atoms with Crippen LogP contribution in [0.25, 0.3) is 0 Å². The Morgan fingerprint density at radius 3 is 2.48 bits per heavy atom. The van der Waals surface area contributed by atoms with Gasteiger partial charge in [0, 0.05) is 19.2 Å². The van der Waals surface area contributed by atoms with Gasteiger partial charge in [-0.2, -0.15) is 0 Å². The van der Waals surface area contributed by atoms with Gasteiger partial charge in [-0.05, 0) is 57.0 Å². The molecular weight excluding hydrogens is 284 g/mol. The summed E-state index contributed by atoms with van der Waals surface area (Å²) in [6.45, 7) is 5.33. The van der Waals surface area contributed by atoms with E-state index in [-0.39, 0.29) is 0 Å². The molecule has 1 N–H and O–H groups in total. The largest absolute Gasteiger partial charge is 0.383 e. The highest BCUT2D eigenvalue weighted by Gasteiger charge is 2.31. The van der Waals surface area contributed by atoms with Gasteiger partial charge in [0.05, 0.1) is 5.69 Å². The molecule has 0 bridgehead atoms. The number of hydrogen-bond donors (Lipinski definition) is 1. The zero-order valence-electron chi connectivity index (χ0n) is 13.9. The second kappa shape index (κ2) is 7.24. The third-order valence-electron chi connectivity index (χ3n) is 4.80. The topological polar surface area (TPSA) is 36.4 Å². The van der Waals surface area contributed by atoms with E-state index in [1.54, 1.807) is 6.20 Å². The Bertz CT molecular complexity index is 605. The molecule has 1 fully saturated rings. The van der Waals surface area contributed by atoms with Crippen LogP contribution >= 0.6 is 0 Å². The van der Waals surface area contributed by atoms with E-state index in [1.807, 2.05) is 18.2 Å². The van der Waals surface area contributed by atoms with E-state index in [0.29, 0.717) is 6.42 Å². The Hall–Kier alpha value is -1.71. The number of likely N-dealkylation sites (tertiary alicyclic amines) is 1. The minimum Gasteiger partial charge on any atom is -0.383 e. The van der Waals surface area contributed by atoms with Crippen molar-refractivity contribution in [3.8, 4) is 0 Å². The van der Waals surface area contributed by atoms with Crippen molar-refractivity contribution in [1.82, 2.24) is 9.88 Å². The lowest BCUT2D eigenvalue weighted by molar-refractivity contribution is 0.0151. The molecule has 0 aliphatic carbocycles. The van der Waals surface area contributed by atoms with Crippen molar-refractivity contribution in [2.45, 2.75) is 38.2 Å². The first kappa shape index (κ1) is 16.2. The number of rotatable bonds is 6. The van der Waals surface area contributed by atoms with Crippen molar-refractivity contribution in [3.63, 3.8) is 0 Å². The van der Waals surface area contributed by atoms with Gasteiger partial charge in [0.2, 0.25) is 0 Å². The predicted molar refractivity (Wildman–Crippen MR) is 93.3 cm³/mol. The van der Waals surface area contributed by atoms with Gasteiger partial charge in [-0.1, -0.05) is 35.9 Å². The van der Waals surface area contributed by atoms with E-state index in [9.17, 15) is 5.11 Å². The lowest BCUT2D eigenvalue weighted by atomic mass is 9.87. The first-order chi connectivity index (χ1) is 11.2. The highest BCUT2D eigenvalue weighted by atomic mass is 16.3. The van der Waals surface area contributed by atoms with Gasteiger partial charge in [-0.15, -0.1) is 0 Å². The molecule has 3 rings (SSSR count). The molecule has 23 heavy (non-hydrogen) atoms. The van der Waals surface area contributed by atoms with E-state index >= 15 is 0 Å². The molecule has 3 nitrogen and oxygen atoms in total. The summed E-state index contributed by atoms with van der Waals surface area (Å²) in [7, 11) is 0. The monoisotopic (exact) mass is 310 g/mol.